The van der Waals surface area contributed by atoms with Crippen LogP contribution in [0.4, 0.5) is 22.0 Å². The minimum atomic E-state index is -2.27. The Labute approximate surface area is 173 Å². The summed E-state index contributed by atoms with van der Waals surface area (Å²) < 4.78 is 68.6. The molecule has 0 amide bonds. The summed E-state index contributed by atoms with van der Waals surface area (Å²) in [6.45, 7) is 0. The van der Waals surface area contributed by atoms with Crippen LogP contribution in [0.25, 0.3) is 6.08 Å². The highest BCUT2D eigenvalue weighted by Crippen LogP contribution is 2.24. The zero-order chi connectivity index (χ0) is 22.7. The Morgan fingerprint density at radius 3 is 2.03 bits per heavy atom. The summed E-state index contributed by atoms with van der Waals surface area (Å²) in [4.78, 5) is 28.1. The fourth-order valence-corrected chi connectivity index (χ4v) is 2.89. The smallest absolute Gasteiger partial charge is 0.221 e. The second-order valence-corrected chi connectivity index (χ2v) is 6.74. The van der Waals surface area contributed by atoms with Crippen LogP contribution in [-0.2, 0) is 24.7 Å². The molecule has 2 aromatic carbocycles. The van der Waals surface area contributed by atoms with E-state index < -0.39 is 46.9 Å². The first-order chi connectivity index (χ1) is 14.7. The number of benzene rings is 2. The van der Waals surface area contributed by atoms with Gasteiger partial charge in [-0.25, -0.2) is 26.9 Å². The van der Waals surface area contributed by atoms with Gasteiger partial charge in [-0.05, 0) is 17.2 Å². The number of hydrogen-bond acceptors (Lipinski definition) is 3. The minimum absolute atomic E-state index is 0.268. The monoisotopic (exact) mass is 434 g/mol. The summed E-state index contributed by atoms with van der Waals surface area (Å²) in [5.74, 6) is -11.2. The largest absolute Gasteiger partial charge is 0.331 e. The van der Waals surface area contributed by atoms with Crippen molar-refractivity contribution in [3.63, 3.8) is 0 Å². The molecule has 0 saturated heterocycles. The summed E-state index contributed by atoms with van der Waals surface area (Å²) in [6.07, 6.45) is 4.82. The number of hydrogen-bond donors (Lipinski definition) is 0. The Bertz CT molecular complexity index is 1150. The SMILES string of the molecule is Cn1ccnc1C(=O)/C=C/c1ccc(CC(=O)Cc2c(F)c(F)c(F)c(F)c2F)cc1. The molecule has 9 heteroatoms. The van der Waals surface area contributed by atoms with Crippen LogP contribution in [0.3, 0.4) is 0 Å². The van der Waals surface area contributed by atoms with E-state index in [1.165, 1.54) is 12.3 Å². The molecule has 0 atom stereocenters. The van der Waals surface area contributed by atoms with Crippen LogP contribution < -0.4 is 0 Å². The van der Waals surface area contributed by atoms with Crippen molar-refractivity contribution in [2.45, 2.75) is 12.8 Å². The molecular formula is C22H15F5N2O2. The van der Waals surface area contributed by atoms with E-state index in [9.17, 15) is 31.5 Å². The van der Waals surface area contributed by atoms with E-state index in [0.717, 1.165) is 0 Å². The van der Waals surface area contributed by atoms with Crippen molar-refractivity contribution in [3.8, 4) is 0 Å². The van der Waals surface area contributed by atoms with Crippen LogP contribution in [0.2, 0.25) is 0 Å². The molecule has 3 aromatic rings. The van der Waals surface area contributed by atoms with E-state index in [1.807, 2.05) is 0 Å². The van der Waals surface area contributed by atoms with E-state index in [2.05, 4.69) is 4.98 Å². The van der Waals surface area contributed by atoms with E-state index in [4.69, 9.17) is 0 Å². The third-order valence-electron chi connectivity index (χ3n) is 4.52. The van der Waals surface area contributed by atoms with Crippen LogP contribution in [0.5, 0.6) is 0 Å². The third-order valence-corrected chi connectivity index (χ3v) is 4.52. The number of rotatable bonds is 7. The molecule has 0 fully saturated rings. The normalized spacial score (nSPS) is 11.3. The van der Waals surface area contributed by atoms with Crippen LogP contribution in [-0.4, -0.2) is 21.1 Å². The van der Waals surface area contributed by atoms with E-state index in [-0.39, 0.29) is 18.0 Å². The molecule has 0 radical (unpaired) electrons. The fourth-order valence-electron chi connectivity index (χ4n) is 2.89. The van der Waals surface area contributed by atoms with Crippen molar-refractivity contribution >= 4 is 17.6 Å². The first-order valence-electron chi connectivity index (χ1n) is 8.99. The van der Waals surface area contributed by atoms with Crippen molar-refractivity contribution in [2.75, 3.05) is 0 Å². The third kappa shape index (κ3) is 4.76. The van der Waals surface area contributed by atoms with Gasteiger partial charge in [-0.3, -0.25) is 9.59 Å². The van der Waals surface area contributed by atoms with Gasteiger partial charge < -0.3 is 4.57 Å². The molecule has 3 rings (SSSR count). The van der Waals surface area contributed by atoms with E-state index in [1.54, 1.807) is 48.2 Å². The Kier molecular flexibility index (Phi) is 6.43. The number of carbonyl (C=O) groups excluding carboxylic acids is 2. The number of Topliss-reactive ketones (excluding diaryl/α,β-unsaturated/α-hetero) is 1. The summed E-state index contributed by atoms with van der Waals surface area (Å²) in [5.41, 5.74) is -0.0336. The van der Waals surface area contributed by atoms with Gasteiger partial charge in [-0.15, -0.1) is 0 Å². The molecule has 0 aliphatic carbocycles. The van der Waals surface area contributed by atoms with Gasteiger partial charge in [0.05, 0.1) is 0 Å². The molecule has 31 heavy (non-hydrogen) atoms. The Balaban J connectivity index is 1.67. The Morgan fingerprint density at radius 1 is 0.903 bits per heavy atom. The van der Waals surface area contributed by atoms with Gasteiger partial charge in [0.15, 0.2) is 29.1 Å². The molecule has 160 valence electrons. The summed E-state index contributed by atoms with van der Waals surface area (Å²) >= 11 is 0. The molecule has 0 saturated carbocycles. The maximum absolute atomic E-state index is 13.7. The second kappa shape index (κ2) is 9.03. The van der Waals surface area contributed by atoms with Gasteiger partial charge in [-0.1, -0.05) is 30.3 Å². The molecule has 0 spiro atoms. The lowest BCUT2D eigenvalue weighted by Gasteiger charge is -2.08. The van der Waals surface area contributed by atoms with Crippen molar-refractivity contribution in [3.05, 3.63) is 94.3 Å². The summed E-state index contributed by atoms with van der Waals surface area (Å²) in [5, 5.41) is 0. The van der Waals surface area contributed by atoms with Crippen LogP contribution in [0.15, 0.2) is 42.7 Å². The van der Waals surface area contributed by atoms with Gasteiger partial charge in [-0.2, -0.15) is 0 Å². The highest BCUT2D eigenvalue weighted by atomic mass is 19.2. The standard InChI is InChI=1S/C22H15F5N2O2/c1-29-9-8-28-22(29)16(31)7-6-12-2-4-13(5-3-12)10-14(30)11-15-17(23)19(25)21(27)20(26)18(15)24/h2-9H,10-11H2,1H3/b7-6+. The highest BCUT2D eigenvalue weighted by Gasteiger charge is 2.26. The van der Waals surface area contributed by atoms with Gasteiger partial charge in [0.25, 0.3) is 0 Å². The van der Waals surface area contributed by atoms with Crippen LogP contribution in [0, 0.1) is 29.1 Å². The number of carbonyl (C=O) groups is 2. The number of allylic oxidation sites excluding steroid dienone is 1. The summed E-state index contributed by atoms with van der Waals surface area (Å²) in [6, 6.07) is 6.34. The highest BCUT2D eigenvalue weighted by molar-refractivity contribution is 6.04. The zero-order valence-electron chi connectivity index (χ0n) is 16.1. The quantitative estimate of drug-likeness (QED) is 0.183. The molecular weight excluding hydrogens is 419 g/mol. The summed E-state index contributed by atoms with van der Waals surface area (Å²) in [7, 11) is 1.69. The molecule has 1 heterocycles. The molecule has 0 aliphatic heterocycles. The minimum Gasteiger partial charge on any atom is -0.331 e. The Hall–Kier alpha value is -3.62. The van der Waals surface area contributed by atoms with Crippen LogP contribution >= 0.6 is 0 Å². The van der Waals surface area contributed by atoms with Gasteiger partial charge in [0.1, 0.15) is 5.78 Å². The molecule has 0 N–H and O–H groups in total. The van der Waals surface area contributed by atoms with E-state index in [0.29, 0.717) is 11.1 Å². The van der Waals surface area contributed by atoms with E-state index >= 15 is 0 Å². The Morgan fingerprint density at radius 2 is 1.48 bits per heavy atom. The number of halogens is 5. The van der Waals surface area contributed by atoms with Crippen molar-refractivity contribution in [1.29, 1.82) is 0 Å². The maximum Gasteiger partial charge on any atom is 0.221 e. The lowest BCUT2D eigenvalue weighted by Crippen LogP contribution is -2.13. The number of aromatic nitrogens is 2. The van der Waals surface area contributed by atoms with Crippen LogP contribution in [0.1, 0.15) is 27.3 Å². The topological polar surface area (TPSA) is 52.0 Å². The number of ketones is 2. The first-order valence-corrected chi connectivity index (χ1v) is 8.99. The zero-order valence-corrected chi connectivity index (χ0v) is 16.1. The number of aryl methyl sites for hydroxylation is 1. The maximum atomic E-state index is 13.7. The van der Waals surface area contributed by atoms with Gasteiger partial charge in [0, 0.05) is 37.8 Å². The first kappa shape index (κ1) is 22.1. The predicted octanol–water partition coefficient (Wildman–Crippen LogP) is 4.37. The van der Waals surface area contributed by atoms with Gasteiger partial charge >= 0.3 is 0 Å². The van der Waals surface area contributed by atoms with Crippen molar-refractivity contribution in [2.24, 2.45) is 7.05 Å². The number of nitrogens with zero attached hydrogens (tertiary/aromatic N) is 2. The lowest BCUT2D eigenvalue weighted by molar-refractivity contribution is -0.117. The predicted molar refractivity (Wildman–Crippen MR) is 102 cm³/mol. The fraction of sp³-hybridized carbons (Fsp3) is 0.136. The molecule has 1 aromatic heterocycles. The molecule has 0 unspecified atom stereocenters. The van der Waals surface area contributed by atoms with Crippen molar-refractivity contribution < 1.29 is 31.5 Å². The molecule has 0 aliphatic rings. The molecule has 0 bridgehead atoms. The average molecular weight is 434 g/mol. The van der Waals surface area contributed by atoms with Crippen molar-refractivity contribution in [1.82, 2.24) is 9.55 Å². The second-order valence-electron chi connectivity index (χ2n) is 6.74. The lowest BCUT2D eigenvalue weighted by atomic mass is 10.0. The number of imidazole rings is 1. The van der Waals surface area contributed by atoms with Gasteiger partial charge in [0.2, 0.25) is 11.6 Å². The molecule has 4 nitrogen and oxygen atoms in total. The average Bonchev–Trinajstić information content (AvgIpc) is 3.19.